The number of likely N-dealkylation sites (N-methyl/N-ethyl adjacent to an activating group) is 1. The van der Waals surface area contributed by atoms with Crippen LogP contribution in [0, 0.1) is 6.92 Å². The van der Waals surface area contributed by atoms with Crippen molar-refractivity contribution in [2.75, 3.05) is 23.9 Å². The lowest BCUT2D eigenvalue weighted by atomic mass is 10.0. The first-order chi connectivity index (χ1) is 19.1. The SMILES string of the molecule is CCNC(=O)C(CC)N(CCc1ccccc1)C(=O)CN(c1ccc(C(C)C)cc1)S(=O)(=O)c1ccc(C)cc1. The van der Waals surface area contributed by atoms with Crippen LogP contribution in [-0.4, -0.2) is 50.8 Å². The number of nitrogens with one attached hydrogen (secondary N) is 1. The molecule has 0 saturated carbocycles. The highest BCUT2D eigenvalue weighted by Crippen LogP contribution is 2.27. The second-order valence-corrected chi connectivity index (χ2v) is 12.1. The maximum Gasteiger partial charge on any atom is 0.264 e. The first-order valence-electron chi connectivity index (χ1n) is 13.9. The van der Waals surface area contributed by atoms with E-state index in [9.17, 15) is 18.0 Å². The minimum Gasteiger partial charge on any atom is -0.355 e. The highest BCUT2D eigenvalue weighted by atomic mass is 32.2. The molecule has 0 fully saturated rings. The van der Waals surface area contributed by atoms with Crippen LogP contribution in [-0.2, 0) is 26.0 Å². The highest BCUT2D eigenvalue weighted by Gasteiger charge is 2.33. The third-order valence-corrected chi connectivity index (χ3v) is 8.74. The third-order valence-electron chi connectivity index (χ3n) is 6.96. The van der Waals surface area contributed by atoms with E-state index in [4.69, 9.17) is 0 Å². The lowest BCUT2D eigenvalue weighted by molar-refractivity contribution is -0.139. The Balaban J connectivity index is 2.02. The van der Waals surface area contributed by atoms with Gasteiger partial charge in [0.25, 0.3) is 10.0 Å². The number of anilines is 1. The van der Waals surface area contributed by atoms with Gasteiger partial charge in [-0.2, -0.15) is 0 Å². The van der Waals surface area contributed by atoms with Crippen molar-refractivity contribution in [3.05, 3.63) is 95.6 Å². The lowest BCUT2D eigenvalue weighted by Crippen LogP contribution is -2.53. The van der Waals surface area contributed by atoms with E-state index in [0.717, 1.165) is 21.0 Å². The highest BCUT2D eigenvalue weighted by molar-refractivity contribution is 7.92. The lowest BCUT2D eigenvalue weighted by Gasteiger charge is -2.33. The molecule has 8 heteroatoms. The number of benzene rings is 3. The zero-order valence-electron chi connectivity index (χ0n) is 24.1. The normalized spacial score (nSPS) is 12.2. The van der Waals surface area contributed by atoms with E-state index in [2.05, 4.69) is 19.2 Å². The van der Waals surface area contributed by atoms with Crippen molar-refractivity contribution in [3.63, 3.8) is 0 Å². The largest absolute Gasteiger partial charge is 0.355 e. The van der Waals surface area contributed by atoms with Crippen molar-refractivity contribution < 1.29 is 18.0 Å². The van der Waals surface area contributed by atoms with Gasteiger partial charge in [0.2, 0.25) is 11.8 Å². The molecule has 1 N–H and O–H groups in total. The van der Waals surface area contributed by atoms with Crippen LogP contribution in [0.2, 0.25) is 0 Å². The molecule has 7 nitrogen and oxygen atoms in total. The smallest absolute Gasteiger partial charge is 0.264 e. The molecule has 0 bridgehead atoms. The Morgan fingerprint density at radius 1 is 0.875 bits per heavy atom. The van der Waals surface area contributed by atoms with Crippen LogP contribution in [0.1, 0.15) is 56.7 Å². The van der Waals surface area contributed by atoms with Gasteiger partial charge in [-0.25, -0.2) is 8.42 Å². The van der Waals surface area contributed by atoms with Gasteiger partial charge in [-0.15, -0.1) is 0 Å². The fraction of sp³-hybridized carbons (Fsp3) is 0.375. The monoisotopic (exact) mass is 563 g/mol. The molecule has 0 spiro atoms. The molecule has 0 aliphatic heterocycles. The number of carbonyl (C=O) groups excluding carboxylic acids is 2. The van der Waals surface area contributed by atoms with Crippen molar-refractivity contribution in [2.24, 2.45) is 0 Å². The molecular formula is C32H41N3O4S. The summed E-state index contributed by atoms with van der Waals surface area (Å²) in [5, 5.41) is 2.83. The number of rotatable bonds is 13. The van der Waals surface area contributed by atoms with E-state index in [1.165, 1.54) is 4.90 Å². The minimum atomic E-state index is -4.08. The van der Waals surface area contributed by atoms with Gasteiger partial charge in [-0.3, -0.25) is 13.9 Å². The van der Waals surface area contributed by atoms with Crippen molar-refractivity contribution in [2.45, 2.75) is 64.3 Å². The van der Waals surface area contributed by atoms with Crippen LogP contribution >= 0.6 is 0 Å². The van der Waals surface area contributed by atoms with Gasteiger partial charge in [0.15, 0.2) is 0 Å². The van der Waals surface area contributed by atoms with E-state index in [1.807, 2.05) is 63.2 Å². The van der Waals surface area contributed by atoms with Gasteiger partial charge < -0.3 is 10.2 Å². The number of hydrogen-bond acceptors (Lipinski definition) is 4. The molecular weight excluding hydrogens is 522 g/mol. The summed E-state index contributed by atoms with van der Waals surface area (Å²) in [6, 6.07) is 22.9. The van der Waals surface area contributed by atoms with Crippen LogP contribution in [0.3, 0.4) is 0 Å². The van der Waals surface area contributed by atoms with Gasteiger partial charge in [-0.05, 0) is 68.0 Å². The van der Waals surface area contributed by atoms with Crippen molar-refractivity contribution in [1.82, 2.24) is 10.2 Å². The number of amides is 2. The summed E-state index contributed by atoms with van der Waals surface area (Å²) in [7, 11) is -4.08. The molecule has 0 heterocycles. The molecule has 3 aromatic rings. The fourth-order valence-electron chi connectivity index (χ4n) is 4.58. The van der Waals surface area contributed by atoms with Gasteiger partial charge in [0.1, 0.15) is 12.6 Å². The Hall–Kier alpha value is -3.65. The molecule has 214 valence electrons. The first-order valence-corrected chi connectivity index (χ1v) is 15.3. The second kappa shape index (κ2) is 14.1. The summed E-state index contributed by atoms with van der Waals surface area (Å²) >= 11 is 0. The Labute approximate surface area is 239 Å². The van der Waals surface area contributed by atoms with Crippen LogP contribution < -0.4 is 9.62 Å². The molecule has 1 unspecified atom stereocenters. The van der Waals surface area contributed by atoms with Crippen LogP contribution in [0.15, 0.2) is 83.8 Å². The van der Waals surface area contributed by atoms with Gasteiger partial charge >= 0.3 is 0 Å². The topological polar surface area (TPSA) is 86.8 Å². The van der Waals surface area contributed by atoms with Gasteiger partial charge in [0, 0.05) is 13.1 Å². The number of nitrogens with zero attached hydrogens (tertiary/aromatic N) is 2. The fourth-order valence-corrected chi connectivity index (χ4v) is 5.99. The maximum absolute atomic E-state index is 14.0. The van der Waals surface area contributed by atoms with Crippen molar-refractivity contribution in [3.8, 4) is 0 Å². The summed E-state index contributed by atoms with van der Waals surface area (Å²) in [5.74, 6) is -0.410. The summed E-state index contributed by atoms with van der Waals surface area (Å²) < 4.78 is 29.1. The predicted octanol–water partition coefficient (Wildman–Crippen LogP) is 5.30. The molecule has 0 aliphatic rings. The van der Waals surface area contributed by atoms with E-state index in [-0.39, 0.29) is 23.3 Å². The molecule has 0 radical (unpaired) electrons. The molecule has 0 aromatic heterocycles. The van der Waals surface area contributed by atoms with Crippen LogP contribution in [0.25, 0.3) is 0 Å². The number of carbonyl (C=O) groups is 2. The van der Waals surface area contributed by atoms with Gasteiger partial charge in [0.05, 0.1) is 10.6 Å². The molecule has 0 aliphatic carbocycles. The van der Waals surface area contributed by atoms with Crippen LogP contribution in [0.4, 0.5) is 5.69 Å². The van der Waals surface area contributed by atoms with Crippen molar-refractivity contribution >= 4 is 27.5 Å². The molecule has 2 amide bonds. The Morgan fingerprint density at radius 3 is 2.05 bits per heavy atom. The molecule has 40 heavy (non-hydrogen) atoms. The number of hydrogen-bond donors (Lipinski definition) is 1. The number of aryl methyl sites for hydroxylation is 1. The molecule has 3 aromatic carbocycles. The average molecular weight is 564 g/mol. The van der Waals surface area contributed by atoms with Gasteiger partial charge in [-0.1, -0.05) is 80.9 Å². The third kappa shape index (κ3) is 7.72. The second-order valence-electron chi connectivity index (χ2n) is 10.2. The average Bonchev–Trinajstić information content (AvgIpc) is 2.94. The van der Waals surface area contributed by atoms with E-state index in [0.29, 0.717) is 25.1 Å². The summed E-state index contributed by atoms with van der Waals surface area (Å²) in [6.07, 6.45) is 0.941. The zero-order valence-corrected chi connectivity index (χ0v) is 24.9. The maximum atomic E-state index is 14.0. The quantitative estimate of drug-likeness (QED) is 0.306. The molecule has 3 rings (SSSR count). The Bertz CT molecular complexity index is 1360. The van der Waals surface area contributed by atoms with E-state index < -0.39 is 28.5 Å². The van der Waals surface area contributed by atoms with E-state index in [1.54, 1.807) is 36.4 Å². The predicted molar refractivity (Wildman–Crippen MR) is 161 cm³/mol. The zero-order chi connectivity index (χ0) is 29.3. The molecule has 0 saturated heterocycles. The Kier molecular flexibility index (Phi) is 10.9. The standard InChI is InChI=1S/C32H41N3O4S/c1-6-30(32(37)33-7-2)34(22-21-26-11-9-8-10-12-26)31(36)23-35(28-17-15-27(16-18-28)24(3)4)40(38,39)29-19-13-25(5)14-20-29/h8-20,24,30H,6-7,21-23H2,1-5H3,(H,33,37). The van der Waals surface area contributed by atoms with Crippen LogP contribution in [0.5, 0.6) is 0 Å². The minimum absolute atomic E-state index is 0.102. The Morgan fingerprint density at radius 2 is 1.50 bits per heavy atom. The van der Waals surface area contributed by atoms with E-state index >= 15 is 0 Å². The van der Waals surface area contributed by atoms with Crippen molar-refractivity contribution in [1.29, 1.82) is 0 Å². The summed E-state index contributed by atoms with van der Waals surface area (Å²) in [5.41, 5.74) is 3.42. The summed E-state index contributed by atoms with van der Waals surface area (Å²) in [6.45, 7) is 9.99. The first kappa shape index (κ1) is 30.9. The molecule has 1 atom stereocenters. The number of sulfonamides is 1. The summed E-state index contributed by atoms with van der Waals surface area (Å²) in [4.78, 5) is 28.6.